The van der Waals surface area contributed by atoms with Gasteiger partial charge in [0.25, 0.3) is 5.91 Å². The third-order valence-electron chi connectivity index (χ3n) is 5.68. The van der Waals surface area contributed by atoms with Crippen molar-refractivity contribution in [1.82, 2.24) is 0 Å². The summed E-state index contributed by atoms with van der Waals surface area (Å²) in [6.45, 7) is 3.07. The number of carbonyl (C=O) groups is 1. The Bertz CT molecular complexity index is 1200. The van der Waals surface area contributed by atoms with Gasteiger partial charge in [-0.1, -0.05) is 6.07 Å². The van der Waals surface area contributed by atoms with Crippen LogP contribution < -0.4 is 19.9 Å². The van der Waals surface area contributed by atoms with Crippen molar-refractivity contribution in [2.24, 2.45) is 0 Å². The van der Waals surface area contributed by atoms with Gasteiger partial charge in [-0.2, -0.15) is 0 Å². The Balaban J connectivity index is 1.39. The first-order valence-corrected chi connectivity index (χ1v) is 11.0. The van der Waals surface area contributed by atoms with Gasteiger partial charge in [-0.3, -0.25) is 4.79 Å². The van der Waals surface area contributed by atoms with Gasteiger partial charge in [-0.05, 0) is 49.4 Å². The molecule has 1 aliphatic rings. The highest BCUT2D eigenvalue weighted by Crippen LogP contribution is 2.31. The first-order chi connectivity index (χ1) is 16.8. The zero-order chi connectivity index (χ0) is 25.1. The maximum atomic E-state index is 14.1. The Morgan fingerprint density at radius 1 is 0.829 bits per heavy atom. The number of nitrogens with one attached hydrogen (secondary N) is 1. The molecule has 1 fully saturated rings. The summed E-state index contributed by atoms with van der Waals surface area (Å²) in [5, 5.41) is 2.81. The third-order valence-corrected chi connectivity index (χ3v) is 5.68. The van der Waals surface area contributed by atoms with Crippen molar-refractivity contribution in [3.8, 4) is 5.75 Å². The van der Waals surface area contributed by atoms with E-state index in [-0.39, 0.29) is 19.0 Å². The first-order valence-electron chi connectivity index (χ1n) is 11.0. The molecule has 4 rings (SSSR count). The van der Waals surface area contributed by atoms with E-state index in [2.05, 4.69) is 5.32 Å². The Kier molecular flexibility index (Phi) is 7.09. The molecule has 0 radical (unpaired) electrons. The highest BCUT2D eigenvalue weighted by Gasteiger charge is 2.30. The van der Waals surface area contributed by atoms with Gasteiger partial charge >= 0.3 is 0 Å². The van der Waals surface area contributed by atoms with E-state index >= 15 is 0 Å². The predicted molar refractivity (Wildman–Crippen MR) is 123 cm³/mol. The fourth-order valence-corrected chi connectivity index (χ4v) is 3.91. The molecule has 1 amide bonds. The summed E-state index contributed by atoms with van der Waals surface area (Å²) < 4.78 is 74.1. The second kappa shape index (κ2) is 10.2. The van der Waals surface area contributed by atoms with Crippen LogP contribution in [0.5, 0.6) is 5.75 Å². The van der Waals surface area contributed by atoms with Crippen LogP contribution in [-0.4, -0.2) is 38.7 Å². The van der Waals surface area contributed by atoms with Gasteiger partial charge in [0, 0.05) is 43.1 Å². The van der Waals surface area contributed by atoms with Crippen LogP contribution in [0.2, 0.25) is 0 Å². The molecular weight excluding hydrogens is 469 g/mol. The van der Waals surface area contributed by atoms with Crippen LogP contribution in [0.25, 0.3) is 0 Å². The molecule has 0 aliphatic carbocycles. The molecule has 3 aromatic carbocycles. The van der Waals surface area contributed by atoms with E-state index in [1.165, 1.54) is 0 Å². The summed E-state index contributed by atoms with van der Waals surface area (Å²) in [6, 6.07) is 13.8. The molecule has 1 aliphatic heterocycles. The monoisotopic (exact) mass is 491 g/mol. The van der Waals surface area contributed by atoms with E-state index < -0.39 is 34.8 Å². The van der Waals surface area contributed by atoms with E-state index in [1.807, 2.05) is 11.8 Å². The van der Waals surface area contributed by atoms with Crippen molar-refractivity contribution in [3.05, 3.63) is 83.2 Å². The van der Waals surface area contributed by atoms with Crippen LogP contribution >= 0.6 is 0 Å². The van der Waals surface area contributed by atoms with Gasteiger partial charge in [-0.15, -0.1) is 0 Å². The Hall–Kier alpha value is -3.82. The molecule has 1 N–H and O–H groups in total. The summed E-state index contributed by atoms with van der Waals surface area (Å²) in [6.07, 6.45) is 0. The van der Waals surface area contributed by atoms with Crippen LogP contribution in [0.3, 0.4) is 0 Å². The first kappa shape index (κ1) is 24.3. The molecule has 1 saturated heterocycles. The Labute approximate surface area is 198 Å². The van der Waals surface area contributed by atoms with Gasteiger partial charge in [0.1, 0.15) is 11.4 Å². The van der Waals surface area contributed by atoms with Gasteiger partial charge in [0.05, 0.1) is 6.61 Å². The largest absolute Gasteiger partial charge is 0.494 e. The second-order valence-electron chi connectivity index (χ2n) is 7.85. The number of halogens is 5. The van der Waals surface area contributed by atoms with Gasteiger partial charge in [0.15, 0.2) is 23.3 Å². The Morgan fingerprint density at radius 3 is 2.00 bits per heavy atom. The standard InChI is InChI=1S/C25H22F5N3O2/c1-2-35-18-5-3-4-15(14-18)25(34)31-16-6-8-17(9-7-16)32-10-12-33(13-11-32)24-22(29)20(27)19(26)21(28)23(24)30/h3-9,14H,2,10-13H2,1H3,(H,31,34). The molecule has 0 saturated carbocycles. The molecule has 10 heteroatoms. The fraction of sp³-hybridized carbons (Fsp3) is 0.240. The lowest BCUT2D eigenvalue weighted by atomic mass is 10.1. The van der Waals surface area contributed by atoms with E-state index in [9.17, 15) is 26.7 Å². The summed E-state index contributed by atoms with van der Waals surface area (Å²) in [4.78, 5) is 15.6. The number of piperazine rings is 1. The average molecular weight is 491 g/mol. The molecule has 1 heterocycles. The summed E-state index contributed by atoms with van der Waals surface area (Å²) in [7, 11) is 0. The van der Waals surface area contributed by atoms with Crippen LogP contribution in [0.4, 0.5) is 39.0 Å². The van der Waals surface area contributed by atoms with Gasteiger partial charge in [-0.25, -0.2) is 22.0 Å². The highest BCUT2D eigenvalue weighted by molar-refractivity contribution is 6.04. The number of rotatable bonds is 6. The number of carbonyl (C=O) groups excluding carboxylic acids is 1. The minimum atomic E-state index is -2.17. The maximum absolute atomic E-state index is 14.1. The zero-order valence-electron chi connectivity index (χ0n) is 18.8. The van der Waals surface area contributed by atoms with E-state index in [4.69, 9.17) is 4.74 Å². The van der Waals surface area contributed by atoms with Crippen LogP contribution in [0.1, 0.15) is 17.3 Å². The molecule has 5 nitrogen and oxygen atoms in total. The minimum Gasteiger partial charge on any atom is -0.494 e. The quantitative estimate of drug-likeness (QED) is 0.287. The smallest absolute Gasteiger partial charge is 0.255 e. The van der Waals surface area contributed by atoms with Crippen LogP contribution in [-0.2, 0) is 0 Å². The highest BCUT2D eigenvalue weighted by atomic mass is 19.2. The summed E-state index contributed by atoms with van der Waals surface area (Å²) in [5.41, 5.74) is 0.899. The van der Waals surface area contributed by atoms with Crippen molar-refractivity contribution >= 4 is 23.0 Å². The van der Waals surface area contributed by atoms with Crippen molar-refractivity contribution in [2.75, 3.05) is 47.9 Å². The van der Waals surface area contributed by atoms with Crippen molar-refractivity contribution in [1.29, 1.82) is 0 Å². The lowest BCUT2D eigenvalue weighted by molar-refractivity contribution is 0.102. The maximum Gasteiger partial charge on any atom is 0.255 e. The van der Waals surface area contributed by atoms with E-state index in [0.29, 0.717) is 36.7 Å². The third kappa shape index (κ3) is 5.01. The summed E-state index contributed by atoms with van der Waals surface area (Å²) in [5.74, 6) is -9.44. The number of ether oxygens (including phenoxy) is 1. The molecule has 0 aromatic heterocycles. The van der Waals surface area contributed by atoms with Crippen molar-refractivity contribution < 1.29 is 31.5 Å². The topological polar surface area (TPSA) is 44.8 Å². The van der Waals surface area contributed by atoms with Gasteiger partial charge in [0.2, 0.25) is 5.82 Å². The van der Waals surface area contributed by atoms with Crippen LogP contribution in [0.15, 0.2) is 48.5 Å². The lowest BCUT2D eigenvalue weighted by Gasteiger charge is -2.37. The lowest BCUT2D eigenvalue weighted by Crippen LogP contribution is -2.47. The molecule has 0 bridgehead atoms. The number of hydrogen-bond donors (Lipinski definition) is 1. The summed E-state index contributed by atoms with van der Waals surface area (Å²) >= 11 is 0. The number of nitrogens with zero attached hydrogens (tertiary/aromatic N) is 2. The Morgan fingerprint density at radius 2 is 1.40 bits per heavy atom. The molecule has 0 unspecified atom stereocenters. The predicted octanol–water partition coefficient (Wildman–Crippen LogP) is 5.36. The average Bonchev–Trinajstić information content (AvgIpc) is 2.88. The van der Waals surface area contributed by atoms with E-state index in [0.717, 1.165) is 10.6 Å². The van der Waals surface area contributed by atoms with Gasteiger partial charge < -0.3 is 19.9 Å². The second-order valence-corrected chi connectivity index (χ2v) is 7.85. The fourth-order valence-electron chi connectivity index (χ4n) is 3.91. The van der Waals surface area contributed by atoms with Crippen LogP contribution in [0, 0.1) is 29.1 Å². The minimum absolute atomic E-state index is 0.0625. The number of amides is 1. The normalized spacial score (nSPS) is 13.7. The number of anilines is 3. The molecule has 0 spiro atoms. The molecular formula is C25H22F5N3O2. The number of hydrogen-bond acceptors (Lipinski definition) is 4. The SMILES string of the molecule is CCOc1cccc(C(=O)Nc2ccc(N3CCN(c4c(F)c(F)c(F)c(F)c4F)CC3)cc2)c1. The van der Waals surface area contributed by atoms with E-state index in [1.54, 1.807) is 48.5 Å². The molecule has 0 atom stereocenters. The molecule has 184 valence electrons. The zero-order valence-corrected chi connectivity index (χ0v) is 18.8. The number of benzene rings is 3. The van der Waals surface area contributed by atoms with Crippen molar-refractivity contribution in [2.45, 2.75) is 6.92 Å². The molecule has 3 aromatic rings. The van der Waals surface area contributed by atoms with Crippen molar-refractivity contribution in [3.63, 3.8) is 0 Å². The molecule has 35 heavy (non-hydrogen) atoms.